The van der Waals surface area contributed by atoms with Gasteiger partial charge >= 0.3 is 0 Å². The quantitative estimate of drug-likeness (QED) is 0.193. The summed E-state index contributed by atoms with van der Waals surface area (Å²) in [7, 11) is 0. The minimum Gasteiger partial charge on any atom is -0.303 e. The fraction of sp³-hybridized carbons (Fsp3) is 1.00. The first-order valence-electron chi connectivity index (χ1n) is 13.9. The Kier molecular flexibility index (Phi) is 17.4. The van der Waals surface area contributed by atoms with Gasteiger partial charge in [0.15, 0.2) is 0 Å². The van der Waals surface area contributed by atoms with E-state index in [0.29, 0.717) is 0 Å². The van der Waals surface area contributed by atoms with Gasteiger partial charge < -0.3 is 4.90 Å². The first-order chi connectivity index (χ1) is 14.2. The minimum absolute atomic E-state index is 0.952. The van der Waals surface area contributed by atoms with Crippen molar-refractivity contribution in [1.29, 1.82) is 0 Å². The molecular formula is C28H57N. The summed E-state index contributed by atoms with van der Waals surface area (Å²) in [6, 6.07) is 0. The molecule has 174 valence electrons. The number of unbranched alkanes of at least 4 members (excludes halogenated alkanes) is 8. The van der Waals surface area contributed by atoms with Crippen LogP contribution in [-0.4, -0.2) is 24.5 Å². The van der Waals surface area contributed by atoms with E-state index in [1.54, 1.807) is 0 Å². The van der Waals surface area contributed by atoms with Crippen molar-refractivity contribution in [2.45, 2.75) is 143 Å². The van der Waals surface area contributed by atoms with Gasteiger partial charge in [-0.05, 0) is 56.5 Å². The number of piperidine rings is 1. The molecule has 0 aromatic rings. The van der Waals surface area contributed by atoms with E-state index in [1.165, 1.54) is 135 Å². The van der Waals surface area contributed by atoms with Crippen molar-refractivity contribution < 1.29 is 0 Å². The van der Waals surface area contributed by atoms with E-state index in [-0.39, 0.29) is 0 Å². The third-order valence-electron chi connectivity index (χ3n) is 7.52. The SMILES string of the molecule is CCCCCCCC(CCCCCC)CN1CCC(CCC(C)CCCC)CC1. The average Bonchev–Trinajstić information content (AvgIpc) is 2.74. The number of hydrogen-bond donors (Lipinski definition) is 0. The maximum atomic E-state index is 2.84. The van der Waals surface area contributed by atoms with Crippen LogP contribution >= 0.6 is 0 Å². The van der Waals surface area contributed by atoms with Crippen LogP contribution in [0.5, 0.6) is 0 Å². The first-order valence-corrected chi connectivity index (χ1v) is 13.9. The predicted molar refractivity (Wildman–Crippen MR) is 133 cm³/mol. The first kappa shape index (κ1) is 27.0. The van der Waals surface area contributed by atoms with Gasteiger partial charge in [-0.3, -0.25) is 0 Å². The Bertz CT molecular complexity index is 331. The Morgan fingerprint density at radius 3 is 1.79 bits per heavy atom. The highest BCUT2D eigenvalue weighted by Crippen LogP contribution is 2.27. The molecular weight excluding hydrogens is 350 g/mol. The molecule has 1 aliphatic rings. The molecule has 0 radical (unpaired) electrons. The van der Waals surface area contributed by atoms with E-state index >= 15 is 0 Å². The Morgan fingerprint density at radius 2 is 1.21 bits per heavy atom. The molecule has 1 rings (SSSR count). The van der Waals surface area contributed by atoms with Crippen LogP contribution in [0.2, 0.25) is 0 Å². The lowest BCUT2D eigenvalue weighted by Gasteiger charge is -2.35. The number of hydrogen-bond acceptors (Lipinski definition) is 1. The van der Waals surface area contributed by atoms with Crippen LogP contribution in [0.25, 0.3) is 0 Å². The molecule has 2 atom stereocenters. The lowest BCUT2D eigenvalue weighted by Crippen LogP contribution is -2.37. The molecule has 29 heavy (non-hydrogen) atoms. The highest BCUT2D eigenvalue weighted by atomic mass is 15.1. The van der Waals surface area contributed by atoms with Crippen molar-refractivity contribution in [3.8, 4) is 0 Å². The maximum Gasteiger partial charge on any atom is 0.000966 e. The second-order valence-electron chi connectivity index (χ2n) is 10.5. The smallest absolute Gasteiger partial charge is 0.000966 e. The van der Waals surface area contributed by atoms with Gasteiger partial charge in [0, 0.05) is 6.54 Å². The Balaban J connectivity index is 2.26. The lowest BCUT2D eigenvalue weighted by molar-refractivity contribution is 0.144. The molecule has 1 nitrogen and oxygen atoms in total. The summed E-state index contributed by atoms with van der Waals surface area (Å²) in [5.41, 5.74) is 0. The highest BCUT2D eigenvalue weighted by molar-refractivity contribution is 4.76. The van der Waals surface area contributed by atoms with Crippen molar-refractivity contribution in [1.82, 2.24) is 4.90 Å². The molecule has 1 saturated heterocycles. The molecule has 0 N–H and O–H groups in total. The summed E-state index contributed by atoms with van der Waals surface area (Å²) in [6.07, 6.45) is 26.1. The fourth-order valence-electron chi connectivity index (χ4n) is 5.26. The van der Waals surface area contributed by atoms with Crippen molar-refractivity contribution in [2.24, 2.45) is 17.8 Å². The van der Waals surface area contributed by atoms with Gasteiger partial charge in [0.2, 0.25) is 0 Å². The predicted octanol–water partition coefficient (Wildman–Crippen LogP) is 9.25. The van der Waals surface area contributed by atoms with Gasteiger partial charge in [0.05, 0.1) is 0 Å². The van der Waals surface area contributed by atoms with Crippen LogP contribution in [-0.2, 0) is 0 Å². The molecule has 0 aromatic heterocycles. The summed E-state index contributed by atoms with van der Waals surface area (Å²) in [5.74, 6) is 2.94. The zero-order valence-electron chi connectivity index (χ0n) is 21.0. The number of likely N-dealkylation sites (tertiary alicyclic amines) is 1. The molecule has 0 spiro atoms. The van der Waals surface area contributed by atoms with E-state index in [2.05, 4.69) is 32.6 Å². The van der Waals surface area contributed by atoms with Crippen LogP contribution in [0, 0.1) is 17.8 Å². The molecule has 0 aliphatic carbocycles. The molecule has 1 heterocycles. The minimum atomic E-state index is 0.952. The van der Waals surface area contributed by atoms with E-state index in [4.69, 9.17) is 0 Å². The molecule has 1 fully saturated rings. The van der Waals surface area contributed by atoms with Gasteiger partial charge in [0.25, 0.3) is 0 Å². The highest BCUT2D eigenvalue weighted by Gasteiger charge is 2.22. The van der Waals surface area contributed by atoms with Gasteiger partial charge in [-0.25, -0.2) is 0 Å². The molecule has 1 aliphatic heterocycles. The second kappa shape index (κ2) is 18.7. The standard InChI is InChI=1S/C28H57N/c1-5-8-11-13-15-18-28(17-14-12-9-6-2)25-29-23-21-27(22-24-29)20-19-26(4)16-10-7-3/h26-28H,5-25H2,1-4H3. The van der Waals surface area contributed by atoms with Crippen molar-refractivity contribution in [3.63, 3.8) is 0 Å². The largest absolute Gasteiger partial charge is 0.303 e. The molecule has 0 saturated carbocycles. The summed E-state index contributed by atoms with van der Waals surface area (Å²) in [6.45, 7) is 13.6. The molecule has 2 unspecified atom stereocenters. The Morgan fingerprint density at radius 1 is 0.655 bits per heavy atom. The van der Waals surface area contributed by atoms with Crippen LogP contribution in [0.4, 0.5) is 0 Å². The van der Waals surface area contributed by atoms with Crippen molar-refractivity contribution in [3.05, 3.63) is 0 Å². The molecule has 1 heteroatoms. The molecule has 0 amide bonds. The topological polar surface area (TPSA) is 3.24 Å². The van der Waals surface area contributed by atoms with E-state index in [0.717, 1.165) is 17.8 Å². The van der Waals surface area contributed by atoms with Gasteiger partial charge in [0.1, 0.15) is 0 Å². The summed E-state index contributed by atoms with van der Waals surface area (Å²) in [5, 5.41) is 0. The van der Waals surface area contributed by atoms with Gasteiger partial charge in [-0.2, -0.15) is 0 Å². The summed E-state index contributed by atoms with van der Waals surface area (Å²) in [4.78, 5) is 2.84. The Labute approximate surface area is 185 Å². The monoisotopic (exact) mass is 407 g/mol. The van der Waals surface area contributed by atoms with E-state index in [9.17, 15) is 0 Å². The fourth-order valence-corrected chi connectivity index (χ4v) is 5.26. The zero-order chi connectivity index (χ0) is 21.2. The van der Waals surface area contributed by atoms with E-state index < -0.39 is 0 Å². The number of nitrogens with zero attached hydrogens (tertiary/aromatic N) is 1. The maximum absolute atomic E-state index is 2.84. The normalized spacial score (nSPS) is 18.2. The zero-order valence-corrected chi connectivity index (χ0v) is 21.0. The average molecular weight is 408 g/mol. The third kappa shape index (κ3) is 14.6. The van der Waals surface area contributed by atoms with Crippen LogP contribution < -0.4 is 0 Å². The van der Waals surface area contributed by atoms with Gasteiger partial charge in [-0.15, -0.1) is 0 Å². The van der Waals surface area contributed by atoms with Crippen molar-refractivity contribution in [2.75, 3.05) is 19.6 Å². The molecule has 0 bridgehead atoms. The van der Waals surface area contributed by atoms with Crippen LogP contribution in [0.1, 0.15) is 143 Å². The third-order valence-corrected chi connectivity index (χ3v) is 7.52. The van der Waals surface area contributed by atoms with Gasteiger partial charge in [-0.1, -0.05) is 118 Å². The summed E-state index contributed by atoms with van der Waals surface area (Å²) >= 11 is 0. The lowest BCUT2D eigenvalue weighted by atomic mass is 9.87. The summed E-state index contributed by atoms with van der Waals surface area (Å²) < 4.78 is 0. The van der Waals surface area contributed by atoms with Crippen LogP contribution in [0.15, 0.2) is 0 Å². The van der Waals surface area contributed by atoms with Crippen molar-refractivity contribution >= 4 is 0 Å². The van der Waals surface area contributed by atoms with Crippen LogP contribution in [0.3, 0.4) is 0 Å². The number of rotatable bonds is 19. The molecule has 0 aromatic carbocycles. The Hall–Kier alpha value is -0.0400. The van der Waals surface area contributed by atoms with E-state index in [1.807, 2.05) is 0 Å². The second-order valence-corrected chi connectivity index (χ2v) is 10.5.